The first-order valence-electron chi connectivity index (χ1n) is 8.09. The minimum Gasteiger partial charge on any atom is -0.322 e. The third kappa shape index (κ3) is 3.45. The van der Waals surface area contributed by atoms with Crippen molar-refractivity contribution >= 4 is 22.7 Å². The van der Waals surface area contributed by atoms with Gasteiger partial charge in [-0.1, -0.05) is 60.3 Å². The van der Waals surface area contributed by atoms with Crippen LogP contribution in [0.3, 0.4) is 0 Å². The van der Waals surface area contributed by atoms with Crippen LogP contribution in [0.2, 0.25) is 0 Å². The number of hydrogen-bond donors (Lipinski definition) is 2. The number of aromatic nitrogens is 3. The number of para-hydroxylation sites is 1. The van der Waals surface area contributed by atoms with Gasteiger partial charge in [0.2, 0.25) is 5.56 Å². The molecule has 128 valence electrons. The Morgan fingerprint density at radius 2 is 1.58 bits per heavy atom. The smallest absolute Gasteiger partial charge is 0.252 e. The van der Waals surface area contributed by atoms with Crippen molar-refractivity contribution in [2.75, 3.05) is 0 Å². The molecule has 0 aliphatic rings. The number of thioether (sulfide) groups is 1. The summed E-state index contributed by atoms with van der Waals surface area (Å²) in [5, 5.41) is 1.52. The van der Waals surface area contributed by atoms with E-state index in [1.165, 1.54) is 17.8 Å². The van der Waals surface area contributed by atoms with Crippen molar-refractivity contribution in [3.8, 4) is 11.3 Å². The second-order valence-electron chi connectivity index (χ2n) is 5.79. The Morgan fingerprint density at radius 1 is 0.846 bits per heavy atom. The van der Waals surface area contributed by atoms with Crippen molar-refractivity contribution in [2.24, 2.45) is 0 Å². The number of aromatic amines is 2. The van der Waals surface area contributed by atoms with Gasteiger partial charge in [-0.15, -0.1) is 0 Å². The molecular formula is C20H15N3O2S. The highest BCUT2D eigenvalue weighted by Crippen LogP contribution is 2.24. The van der Waals surface area contributed by atoms with Crippen LogP contribution in [-0.4, -0.2) is 15.0 Å². The summed E-state index contributed by atoms with van der Waals surface area (Å²) in [7, 11) is 0. The molecule has 0 saturated heterocycles. The molecule has 5 nitrogen and oxygen atoms in total. The average molecular weight is 361 g/mol. The molecule has 6 heteroatoms. The lowest BCUT2D eigenvalue weighted by atomic mass is 10.1. The van der Waals surface area contributed by atoms with E-state index in [4.69, 9.17) is 0 Å². The van der Waals surface area contributed by atoms with E-state index in [1.54, 1.807) is 6.07 Å². The Hall–Kier alpha value is -3.12. The Morgan fingerprint density at radius 3 is 2.42 bits per heavy atom. The van der Waals surface area contributed by atoms with Crippen molar-refractivity contribution in [2.45, 2.75) is 10.9 Å². The average Bonchev–Trinajstić information content (AvgIpc) is 2.66. The van der Waals surface area contributed by atoms with Crippen LogP contribution in [0, 0.1) is 0 Å². The van der Waals surface area contributed by atoms with Crippen LogP contribution in [-0.2, 0) is 5.75 Å². The van der Waals surface area contributed by atoms with Gasteiger partial charge < -0.3 is 9.97 Å². The first kappa shape index (κ1) is 16.4. The van der Waals surface area contributed by atoms with E-state index in [1.807, 2.05) is 54.6 Å². The van der Waals surface area contributed by atoms with Crippen molar-refractivity contribution in [3.05, 3.63) is 93.0 Å². The lowest BCUT2D eigenvalue weighted by Crippen LogP contribution is -2.09. The number of H-pyrrole nitrogens is 2. The summed E-state index contributed by atoms with van der Waals surface area (Å²) < 4.78 is 0. The van der Waals surface area contributed by atoms with Crippen LogP contribution in [0.15, 0.2) is 81.5 Å². The number of nitrogens with one attached hydrogen (secondary N) is 2. The first-order valence-corrected chi connectivity index (χ1v) is 9.08. The summed E-state index contributed by atoms with van der Waals surface area (Å²) in [6.45, 7) is 0. The molecule has 2 N–H and O–H groups in total. The fraction of sp³-hybridized carbons (Fsp3) is 0.0500. The first-order chi connectivity index (χ1) is 12.7. The molecule has 0 unspecified atom stereocenters. The largest absolute Gasteiger partial charge is 0.322 e. The van der Waals surface area contributed by atoms with Gasteiger partial charge in [0.1, 0.15) is 0 Å². The highest BCUT2D eigenvalue weighted by atomic mass is 32.2. The van der Waals surface area contributed by atoms with Crippen LogP contribution in [0.4, 0.5) is 0 Å². The van der Waals surface area contributed by atoms with Gasteiger partial charge in [-0.25, -0.2) is 4.98 Å². The van der Waals surface area contributed by atoms with Gasteiger partial charge >= 0.3 is 0 Å². The van der Waals surface area contributed by atoms with Crippen LogP contribution >= 0.6 is 11.8 Å². The second kappa shape index (κ2) is 7.01. The molecule has 0 spiro atoms. The Labute approximate surface area is 153 Å². The number of pyridine rings is 1. The monoisotopic (exact) mass is 361 g/mol. The number of rotatable bonds is 4. The van der Waals surface area contributed by atoms with Gasteiger partial charge in [-0.2, -0.15) is 0 Å². The maximum absolute atomic E-state index is 12.0. The highest BCUT2D eigenvalue weighted by Gasteiger charge is 2.08. The summed E-state index contributed by atoms with van der Waals surface area (Å²) >= 11 is 1.40. The standard InChI is InChI=1S/C20H15N3O2S/c24-18-10-14(15-8-4-5-9-16(15)21-18)12-26-20-22-17(11-19(25)23-20)13-6-2-1-3-7-13/h1-11H,12H2,(H,21,24)(H,22,23,25). The zero-order chi connectivity index (χ0) is 17.9. The van der Waals surface area contributed by atoms with E-state index < -0.39 is 0 Å². The molecule has 2 heterocycles. The third-order valence-corrected chi connectivity index (χ3v) is 4.91. The zero-order valence-corrected chi connectivity index (χ0v) is 14.5. The topological polar surface area (TPSA) is 78.6 Å². The molecule has 0 aliphatic carbocycles. The van der Waals surface area contributed by atoms with Crippen molar-refractivity contribution in [3.63, 3.8) is 0 Å². The number of fused-ring (bicyclic) bond motifs is 1. The van der Waals surface area contributed by atoms with Gasteiger partial charge in [-0.05, 0) is 11.6 Å². The zero-order valence-electron chi connectivity index (χ0n) is 13.7. The summed E-state index contributed by atoms with van der Waals surface area (Å²) in [5.41, 5.74) is 2.89. The van der Waals surface area contributed by atoms with Gasteiger partial charge in [0.15, 0.2) is 5.16 Å². The lowest BCUT2D eigenvalue weighted by molar-refractivity contribution is 0.942. The van der Waals surface area contributed by atoms with E-state index in [-0.39, 0.29) is 11.1 Å². The Kier molecular flexibility index (Phi) is 4.41. The van der Waals surface area contributed by atoms with Crippen molar-refractivity contribution in [1.29, 1.82) is 0 Å². The van der Waals surface area contributed by atoms with Gasteiger partial charge in [0.25, 0.3) is 5.56 Å². The maximum atomic E-state index is 12.0. The van der Waals surface area contributed by atoms with Crippen molar-refractivity contribution in [1.82, 2.24) is 15.0 Å². The molecule has 2 aromatic heterocycles. The summed E-state index contributed by atoms with van der Waals surface area (Å²) in [6.07, 6.45) is 0. The molecule has 0 amide bonds. The van der Waals surface area contributed by atoms with E-state index >= 15 is 0 Å². The molecule has 0 aliphatic heterocycles. The summed E-state index contributed by atoms with van der Waals surface area (Å²) in [4.78, 5) is 34.0. The number of benzene rings is 2. The molecule has 26 heavy (non-hydrogen) atoms. The van der Waals surface area contributed by atoms with Crippen LogP contribution in [0.25, 0.3) is 22.2 Å². The number of nitrogens with zero attached hydrogens (tertiary/aromatic N) is 1. The van der Waals surface area contributed by atoms with E-state index in [2.05, 4.69) is 15.0 Å². The maximum Gasteiger partial charge on any atom is 0.252 e. The van der Waals surface area contributed by atoms with E-state index in [0.29, 0.717) is 16.6 Å². The molecule has 0 atom stereocenters. The van der Waals surface area contributed by atoms with Crippen LogP contribution in [0.5, 0.6) is 0 Å². The normalized spacial score (nSPS) is 10.9. The minimum atomic E-state index is -0.197. The molecular weight excluding hydrogens is 346 g/mol. The van der Waals surface area contributed by atoms with Gasteiger partial charge in [0.05, 0.1) is 5.69 Å². The molecule has 0 fully saturated rings. The Bertz CT molecular complexity index is 1180. The van der Waals surface area contributed by atoms with Gasteiger partial charge in [-0.3, -0.25) is 9.59 Å². The SMILES string of the molecule is O=c1cc(-c2ccccc2)nc(SCc2cc(=O)[nH]c3ccccc23)[nH]1. The van der Waals surface area contributed by atoms with Crippen molar-refractivity contribution < 1.29 is 0 Å². The molecule has 4 rings (SSSR count). The van der Waals surface area contributed by atoms with Crippen LogP contribution < -0.4 is 11.1 Å². The fourth-order valence-corrected chi connectivity index (χ4v) is 3.67. The molecule has 0 bridgehead atoms. The van der Waals surface area contributed by atoms with Crippen LogP contribution in [0.1, 0.15) is 5.56 Å². The Balaban J connectivity index is 1.66. The van der Waals surface area contributed by atoms with Gasteiger partial charge in [0, 0.05) is 34.4 Å². The number of hydrogen-bond acceptors (Lipinski definition) is 4. The molecule has 0 saturated carbocycles. The predicted octanol–water partition coefficient (Wildman–Crippen LogP) is 3.57. The third-order valence-electron chi connectivity index (χ3n) is 3.99. The molecule has 2 aromatic carbocycles. The molecule has 0 radical (unpaired) electrons. The highest BCUT2D eigenvalue weighted by molar-refractivity contribution is 7.98. The quantitative estimate of drug-likeness (QED) is 0.430. The van der Waals surface area contributed by atoms with E-state index in [9.17, 15) is 9.59 Å². The molecule has 4 aromatic rings. The predicted molar refractivity (Wildman–Crippen MR) is 104 cm³/mol. The fourth-order valence-electron chi connectivity index (χ4n) is 2.80. The summed E-state index contributed by atoms with van der Waals surface area (Å²) in [5.74, 6) is 0.533. The second-order valence-corrected chi connectivity index (χ2v) is 6.76. The van der Waals surface area contributed by atoms with E-state index in [0.717, 1.165) is 22.0 Å². The minimum absolute atomic E-state index is 0.140. The lowest BCUT2D eigenvalue weighted by Gasteiger charge is -2.07. The summed E-state index contributed by atoms with van der Waals surface area (Å²) in [6, 6.07) is 20.3.